The van der Waals surface area contributed by atoms with Crippen molar-refractivity contribution in [3.05, 3.63) is 0 Å². The van der Waals surface area contributed by atoms with E-state index < -0.39 is 35.4 Å². The van der Waals surface area contributed by atoms with Crippen LogP contribution in [0.2, 0.25) is 0 Å². The molecule has 17 heavy (non-hydrogen) atoms. The second-order valence-corrected chi connectivity index (χ2v) is 9.02. The zero-order valence-electron chi connectivity index (χ0n) is 9.80. The molecule has 0 aromatic carbocycles. The summed E-state index contributed by atoms with van der Waals surface area (Å²) in [6.07, 6.45) is 1.62. The lowest BCUT2D eigenvalue weighted by Crippen LogP contribution is -2.41. The summed E-state index contributed by atoms with van der Waals surface area (Å²) in [5.41, 5.74) is 0. The number of methoxy groups -OCH3 is 1. The van der Waals surface area contributed by atoms with Gasteiger partial charge in [-0.3, -0.25) is 4.18 Å². The molecule has 0 amide bonds. The Hall–Kier alpha value is -0.180. The molecule has 0 N–H and O–H groups in total. The summed E-state index contributed by atoms with van der Waals surface area (Å²) < 4.78 is 55.8. The van der Waals surface area contributed by atoms with Gasteiger partial charge in [-0.15, -0.1) is 0 Å². The summed E-state index contributed by atoms with van der Waals surface area (Å²) in [7, 11) is -4.97. The van der Waals surface area contributed by atoms with Gasteiger partial charge in [-0.25, -0.2) is 8.42 Å². The van der Waals surface area contributed by atoms with Crippen LogP contribution in [0.1, 0.15) is 25.7 Å². The van der Waals surface area contributed by atoms with E-state index in [0.29, 0.717) is 25.7 Å². The predicted octanol–water partition coefficient (Wildman–Crippen LogP) is 0.0465. The predicted molar refractivity (Wildman–Crippen MR) is 60.7 cm³/mol. The molecule has 0 aliphatic heterocycles. The van der Waals surface area contributed by atoms with Gasteiger partial charge >= 0.3 is 0 Å². The maximum absolute atomic E-state index is 12.4. The molecule has 0 aromatic rings. The highest BCUT2D eigenvalue weighted by molar-refractivity contribution is 7.96. The number of sulfone groups is 1. The minimum absolute atomic E-state index is 0.364. The van der Waals surface area contributed by atoms with Gasteiger partial charge in [0.2, 0.25) is 0 Å². The Kier molecular flexibility index (Phi) is 2.85. The van der Waals surface area contributed by atoms with E-state index in [1.807, 2.05) is 0 Å². The van der Waals surface area contributed by atoms with E-state index in [1.54, 1.807) is 0 Å². The van der Waals surface area contributed by atoms with Crippen molar-refractivity contribution < 1.29 is 25.8 Å². The Bertz CT molecular complexity index is 510. The normalized spacial score (nSPS) is 25.5. The monoisotopic (exact) mass is 284 g/mol. The van der Waals surface area contributed by atoms with Gasteiger partial charge in [-0.2, -0.15) is 8.42 Å². The highest BCUT2D eigenvalue weighted by Gasteiger charge is 2.69. The maximum atomic E-state index is 12.4. The summed E-state index contributed by atoms with van der Waals surface area (Å²) in [6.45, 7) is 0. The molecule has 0 aromatic heterocycles. The summed E-state index contributed by atoms with van der Waals surface area (Å²) in [6, 6.07) is 0. The van der Waals surface area contributed by atoms with Crippen LogP contribution in [0.4, 0.5) is 0 Å². The van der Waals surface area contributed by atoms with Crippen molar-refractivity contribution in [3.63, 3.8) is 0 Å². The van der Waals surface area contributed by atoms with Gasteiger partial charge < -0.3 is 4.74 Å². The molecule has 2 aliphatic rings. The van der Waals surface area contributed by atoms with Crippen molar-refractivity contribution in [1.82, 2.24) is 0 Å². The smallest absolute Gasteiger partial charge is 0.268 e. The fourth-order valence-electron chi connectivity index (χ4n) is 2.09. The fraction of sp³-hybridized carbons (Fsp3) is 1.00. The third-order valence-corrected chi connectivity index (χ3v) is 8.44. The van der Waals surface area contributed by atoms with E-state index in [4.69, 9.17) is 4.74 Å². The Balaban J connectivity index is 2.29. The fourth-order valence-corrected chi connectivity index (χ4v) is 6.48. The Morgan fingerprint density at radius 1 is 1.00 bits per heavy atom. The molecule has 0 saturated heterocycles. The van der Waals surface area contributed by atoms with Crippen molar-refractivity contribution in [2.45, 2.75) is 35.4 Å². The molecule has 8 heteroatoms. The van der Waals surface area contributed by atoms with Crippen molar-refractivity contribution in [3.8, 4) is 0 Å². The van der Waals surface area contributed by atoms with E-state index in [1.165, 1.54) is 7.11 Å². The lowest BCUT2D eigenvalue weighted by Gasteiger charge is -2.22. The van der Waals surface area contributed by atoms with Crippen LogP contribution in [0, 0.1) is 0 Å². The minimum atomic E-state index is -3.77. The third kappa shape index (κ3) is 1.91. The number of hydrogen-bond donors (Lipinski definition) is 0. The van der Waals surface area contributed by atoms with E-state index in [9.17, 15) is 16.8 Å². The summed E-state index contributed by atoms with van der Waals surface area (Å²) in [5.74, 6) is -0.468. The van der Waals surface area contributed by atoms with Gasteiger partial charge in [0.05, 0.1) is 17.6 Å². The van der Waals surface area contributed by atoms with E-state index in [0.717, 1.165) is 7.11 Å². The lowest BCUT2D eigenvalue weighted by atomic mass is 10.5. The van der Waals surface area contributed by atoms with Crippen molar-refractivity contribution in [2.24, 2.45) is 0 Å². The molecule has 2 rings (SSSR count). The van der Waals surface area contributed by atoms with Crippen molar-refractivity contribution in [2.75, 3.05) is 20.0 Å². The molecule has 0 heterocycles. The number of ether oxygens (including phenoxy) is 1. The van der Waals surface area contributed by atoms with Crippen molar-refractivity contribution >= 4 is 20.0 Å². The first kappa shape index (κ1) is 13.3. The first-order chi connectivity index (χ1) is 7.74. The van der Waals surface area contributed by atoms with E-state index in [2.05, 4.69) is 4.18 Å². The standard InChI is InChI=1S/C9H16O6S2/c1-14-9(5-6-9)17(12,13)8(3-4-8)7-16(10,11)15-2/h3-7H2,1-2H3. The maximum Gasteiger partial charge on any atom is 0.268 e. The second-order valence-electron chi connectivity index (χ2n) is 4.67. The Morgan fingerprint density at radius 3 is 1.82 bits per heavy atom. The van der Waals surface area contributed by atoms with Gasteiger partial charge in [0.15, 0.2) is 14.8 Å². The second kappa shape index (κ2) is 3.66. The molecular weight excluding hydrogens is 268 g/mol. The third-order valence-electron chi connectivity index (χ3n) is 3.59. The molecule has 0 unspecified atom stereocenters. The Morgan fingerprint density at radius 2 is 1.53 bits per heavy atom. The van der Waals surface area contributed by atoms with Crippen LogP contribution in [-0.2, 0) is 28.9 Å². The average Bonchev–Trinajstić information content (AvgIpc) is 3.12. The summed E-state index contributed by atoms with van der Waals surface area (Å²) >= 11 is 0. The van der Waals surface area contributed by atoms with E-state index in [-0.39, 0.29) is 0 Å². The highest BCUT2D eigenvalue weighted by atomic mass is 32.2. The molecule has 2 fully saturated rings. The van der Waals surface area contributed by atoms with Gasteiger partial charge in [-0.1, -0.05) is 0 Å². The lowest BCUT2D eigenvalue weighted by molar-refractivity contribution is 0.144. The van der Waals surface area contributed by atoms with Crippen LogP contribution in [0.25, 0.3) is 0 Å². The minimum Gasteiger partial charge on any atom is -0.362 e. The van der Waals surface area contributed by atoms with Crippen molar-refractivity contribution in [1.29, 1.82) is 0 Å². The zero-order chi connectivity index (χ0) is 12.9. The SMILES string of the molecule is COC1(S(=O)(=O)C2(CS(=O)(=O)OC)CC2)CC1. The first-order valence-electron chi connectivity index (χ1n) is 5.32. The average molecular weight is 284 g/mol. The molecule has 100 valence electrons. The molecule has 0 spiro atoms. The molecule has 2 aliphatic carbocycles. The highest BCUT2D eigenvalue weighted by Crippen LogP contribution is 2.57. The summed E-state index contributed by atoms with van der Waals surface area (Å²) in [4.78, 5) is -1.15. The van der Waals surface area contributed by atoms with Gasteiger partial charge in [-0.05, 0) is 25.7 Å². The van der Waals surface area contributed by atoms with Gasteiger partial charge in [0, 0.05) is 7.11 Å². The molecule has 0 radical (unpaired) electrons. The number of hydrogen-bond acceptors (Lipinski definition) is 6. The topological polar surface area (TPSA) is 86.7 Å². The largest absolute Gasteiger partial charge is 0.362 e. The van der Waals surface area contributed by atoms with Crippen LogP contribution in [0.3, 0.4) is 0 Å². The summed E-state index contributed by atoms with van der Waals surface area (Å²) in [5, 5.41) is 0. The van der Waals surface area contributed by atoms with Gasteiger partial charge in [0.25, 0.3) is 10.1 Å². The van der Waals surface area contributed by atoms with Crippen LogP contribution in [0.15, 0.2) is 0 Å². The van der Waals surface area contributed by atoms with Crippen LogP contribution in [-0.4, -0.2) is 46.5 Å². The van der Waals surface area contributed by atoms with Crippen LogP contribution < -0.4 is 0 Å². The molecular formula is C9H16O6S2. The quantitative estimate of drug-likeness (QED) is 0.640. The van der Waals surface area contributed by atoms with Gasteiger partial charge in [0.1, 0.15) is 0 Å². The van der Waals surface area contributed by atoms with Crippen LogP contribution >= 0.6 is 0 Å². The zero-order valence-corrected chi connectivity index (χ0v) is 11.4. The molecule has 0 bridgehead atoms. The van der Waals surface area contributed by atoms with E-state index >= 15 is 0 Å². The Labute approximate surface area is 101 Å². The molecule has 6 nitrogen and oxygen atoms in total. The number of rotatable bonds is 6. The molecule has 2 saturated carbocycles. The van der Waals surface area contributed by atoms with Crippen LogP contribution in [0.5, 0.6) is 0 Å². The molecule has 0 atom stereocenters. The first-order valence-corrected chi connectivity index (χ1v) is 8.38.